The van der Waals surface area contributed by atoms with Gasteiger partial charge >= 0.3 is 11.9 Å². The van der Waals surface area contributed by atoms with E-state index in [1.54, 1.807) is 62.4 Å². The molecule has 0 saturated carbocycles. The van der Waals surface area contributed by atoms with Crippen molar-refractivity contribution >= 4 is 29.2 Å². The van der Waals surface area contributed by atoms with Crippen LogP contribution in [0, 0.1) is 0 Å². The molecule has 0 aromatic heterocycles. The molecule has 1 heterocycles. The minimum Gasteiger partial charge on any atom is -0.478 e. The Hall–Kier alpha value is -3.61. The van der Waals surface area contributed by atoms with Gasteiger partial charge in [0.25, 0.3) is 5.91 Å². The smallest absolute Gasteiger partial charge is 0.337 e. The molecule has 0 radical (unpaired) electrons. The Bertz CT molecular complexity index is 954. The highest BCUT2D eigenvalue weighted by Gasteiger charge is 2.49. The van der Waals surface area contributed by atoms with Gasteiger partial charge in [-0.15, -0.1) is 0 Å². The van der Waals surface area contributed by atoms with E-state index in [2.05, 4.69) is 5.32 Å². The second-order valence-electron chi connectivity index (χ2n) is 6.38. The first kappa shape index (κ1) is 19.2. The van der Waals surface area contributed by atoms with Crippen LogP contribution in [0.2, 0.25) is 0 Å². The lowest BCUT2D eigenvalue weighted by atomic mass is 10.0. The summed E-state index contributed by atoms with van der Waals surface area (Å²) in [5, 5.41) is 12.2. The largest absolute Gasteiger partial charge is 0.478 e. The van der Waals surface area contributed by atoms with Crippen molar-refractivity contribution in [3.63, 3.8) is 0 Å². The molecule has 7 heteroatoms. The van der Waals surface area contributed by atoms with Gasteiger partial charge in [0.05, 0.1) is 17.9 Å². The topological polar surface area (TPSA) is 95.9 Å². The first-order chi connectivity index (χ1) is 13.4. The number of carbonyl (C=O) groups excluding carboxylic acids is 2. The molecule has 2 aromatic carbocycles. The number of benzene rings is 2. The number of anilines is 2. The van der Waals surface area contributed by atoms with Crippen molar-refractivity contribution in [2.75, 3.05) is 16.8 Å². The molecular weight excluding hydrogens is 360 g/mol. The standard InChI is InChI=1S/C21H20N2O5/c1-3-28-20(27)21(2)13-17(18(24)23(21)14-9-5-4-6-10-14)22-16-12-8-7-11-15(16)19(25)26/h4-13,22H,3H2,1-2H3,(H,25,26)/t21-/m0/s1. The number of carboxylic acid groups (broad SMARTS) is 1. The number of hydrogen-bond acceptors (Lipinski definition) is 5. The van der Waals surface area contributed by atoms with E-state index in [1.165, 1.54) is 17.0 Å². The Kier molecular flexibility index (Phi) is 5.17. The van der Waals surface area contributed by atoms with Crippen LogP contribution >= 0.6 is 0 Å². The summed E-state index contributed by atoms with van der Waals surface area (Å²) in [7, 11) is 0. The molecule has 1 amide bonds. The van der Waals surface area contributed by atoms with Gasteiger partial charge in [-0.1, -0.05) is 30.3 Å². The van der Waals surface area contributed by atoms with E-state index in [9.17, 15) is 19.5 Å². The molecule has 0 spiro atoms. The van der Waals surface area contributed by atoms with Crippen LogP contribution in [-0.4, -0.2) is 35.1 Å². The van der Waals surface area contributed by atoms with Crippen molar-refractivity contribution in [1.29, 1.82) is 0 Å². The van der Waals surface area contributed by atoms with Crippen LogP contribution in [0.15, 0.2) is 66.4 Å². The number of ether oxygens (including phenoxy) is 1. The van der Waals surface area contributed by atoms with E-state index in [1.807, 2.05) is 0 Å². The molecule has 2 N–H and O–H groups in total. The molecule has 0 aliphatic carbocycles. The predicted molar refractivity (Wildman–Crippen MR) is 104 cm³/mol. The number of nitrogens with one attached hydrogen (secondary N) is 1. The summed E-state index contributed by atoms with van der Waals surface area (Å²) in [6.07, 6.45) is 1.47. The van der Waals surface area contributed by atoms with Crippen LogP contribution in [-0.2, 0) is 14.3 Å². The van der Waals surface area contributed by atoms with Crippen LogP contribution in [0.3, 0.4) is 0 Å². The number of para-hydroxylation sites is 2. The molecule has 1 aliphatic heterocycles. The fraction of sp³-hybridized carbons (Fsp3) is 0.190. The monoisotopic (exact) mass is 380 g/mol. The van der Waals surface area contributed by atoms with Crippen molar-refractivity contribution in [3.8, 4) is 0 Å². The quantitative estimate of drug-likeness (QED) is 0.748. The fourth-order valence-electron chi connectivity index (χ4n) is 3.14. The fourth-order valence-corrected chi connectivity index (χ4v) is 3.14. The van der Waals surface area contributed by atoms with Gasteiger partial charge in [-0.2, -0.15) is 0 Å². The summed E-state index contributed by atoms with van der Waals surface area (Å²) < 4.78 is 5.19. The van der Waals surface area contributed by atoms with Crippen molar-refractivity contribution < 1.29 is 24.2 Å². The highest BCUT2D eigenvalue weighted by atomic mass is 16.5. The Morgan fingerprint density at radius 1 is 1.11 bits per heavy atom. The lowest BCUT2D eigenvalue weighted by Crippen LogP contribution is -2.51. The minimum atomic E-state index is -1.37. The zero-order valence-electron chi connectivity index (χ0n) is 15.5. The summed E-state index contributed by atoms with van der Waals surface area (Å²) in [5.41, 5.74) is -0.451. The van der Waals surface area contributed by atoms with Gasteiger partial charge in [-0.05, 0) is 44.2 Å². The number of amides is 1. The van der Waals surface area contributed by atoms with E-state index in [0.29, 0.717) is 5.69 Å². The van der Waals surface area contributed by atoms with Gasteiger partial charge in [0.1, 0.15) is 5.70 Å². The van der Waals surface area contributed by atoms with Gasteiger partial charge in [0.2, 0.25) is 0 Å². The Balaban J connectivity index is 2.04. The lowest BCUT2D eigenvalue weighted by molar-refractivity contribution is -0.147. The van der Waals surface area contributed by atoms with E-state index < -0.39 is 23.4 Å². The SMILES string of the molecule is CCOC(=O)[C@]1(C)C=C(Nc2ccccc2C(=O)O)C(=O)N1c1ccccc1. The summed E-state index contributed by atoms with van der Waals surface area (Å²) in [6, 6.07) is 15.0. The lowest BCUT2D eigenvalue weighted by Gasteiger charge is -2.32. The van der Waals surface area contributed by atoms with E-state index in [-0.39, 0.29) is 23.6 Å². The number of nitrogens with zero attached hydrogens (tertiary/aromatic N) is 1. The maximum atomic E-state index is 13.2. The molecule has 0 unspecified atom stereocenters. The van der Waals surface area contributed by atoms with Gasteiger partial charge < -0.3 is 15.2 Å². The number of aromatic carboxylic acids is 1. The van der Waals surface area contributed by atoms with Gasteiger partial charge in [0, 0.05) is 5.69 Å². The second-order valence-corrected chi connectivity index (χ2v) is 6.38. The zero-order valence-corrected chi connectivity index (χ0v) is 15.5. The average molecular weight is 380 g/mol. The average Bonchev–Trinajstić information content (AvgIpc) is 2.94. The molecule has 2 aromatic rings. The number of rotatable bonds is 6. The molecule has 0 fully saturated rings. The third-order valence-corrected chi connectivity index (χ3v) is 4.45. The zero-order chi connectivity index (χ0) is 20.3. The van der Waals surface area contributed by atoms with Crippen LogP contribution < -0.4 is 10.2 Å². The summed E-state index contributed by atoms with van der Waals surface area (Å²) in [6.45, 7) is 3.45. The maximum absolute atomic E-state index is 13.2. The van der Waals surface area contributed by atoms with Crippen molar-refractivity contribution in [2.45, 2.75) is 19.4 Å². The number of carboxylic acids is 1. The summed E-state index contributed by atoms with van der Waals surface area (Å²) >= 11 is 0. The van der Waals surface area contributed by atoms with E-state index in [0.717, 1.165) is 0 Å². The van der Waals surface area contributed by atoms with Crippen molar-refractivity contribution in [1.82, 2.24) is 0 Å². The normalized spacial score (nSPS) is 18.6. The van der Waals surface area contributed by atoms with Crippen molar-refractivity contribution in [2.24, 2.45) is 0 Å². The highest BCUT2D eigenvalue weighted by molar-refractivity contribution is 6.17. The van der Waals surface area contributed by atoms with Gasteiger partial charge in [-0.3, -0.25) is 9.69 Å². The molecule has 28 heavy (non-hydrogen) atoms. The van der Waals surface area contributed by atoms with E-state index >= 15 is 0 Å². The van der Waals surface area contributed by atoms with Crippen LogP contribution in [0.4, 0.5) is 11.4 Å². The maximum Gasteiger partial charge on any atom is 0.337 e. The molecule has 1 atom stereocenters. The summed E-state index contributed by atoms with van der Waals surface area (Å²) in [5.74, 6) is -2.15. The van der Waals surface area contributed by atoms with E-state index in [4.69, 9.17) is 4.74 Å². The first-order valence-corrected chi connectivity index (χ1v) is 8.77. The number of carbonyl (C=O) groups is 3. The van der Waals surface area contributed by atoms with Gasteiger partial charge in [0.15, 0.2) is 5.54 Å². The third kappa shape index (κ3) is 3.34. The number of esters is 1. The first-order valence-electron chi connectivity index (χ1n) is 8.77. The molecule has 144 valence electrons. The Morgan fingerprint density at radius 3 is 2.39 bits per heavy atom. The number of hydrogen-bond donors (Lipinski definition) is 2. The Morgan fingerprint density at radius 2 is 1.75 bits per heavy atom. The minimum absolute atomic E-state index is 0.0206. The molecule has 0 saturated heterocycles. The molecular formula is C21H20N2O5. The molecule has 1 aliphatic rings. The summed E-state index contributed by atoms with van der Waals surface area (Å²) in [4.78, 5) is 38.6. The molecule has 3 rings (SSSR count). The second kappa shape index (κ2) is 7.56. The van der Waals surface area contributed by atoms with Crippen LogP contribution in [0.25, 0.3) is 0 Å². The van der Waals surface area contributed by atoms with Gasteiger partial charge in [-0.25, -0.2) is 9.59 Å². The van der Waals surface area contributed by atoms with Crippen LogP contribution in [0.1, 0.15) is 24.2 Å². The third-order valence-electron chi connectivity index (χ3n) is 4.45. The van der Waals surface area contributed by atoms with Crippen molar-refractivity contribution in [3.05, 3.63) is 71.9 Å². The molecule has 0 bridgehead atoms. The Labute approximate surface area is 162 Å². The predicted octanol–water partition coefficient (Wildman–Crippen LogP) is 3.05. The van der Waals surface area contributed by atoms with Crippen LogP contribution in [0.5, 0.6) is 0 Å². The highest BCUT2D eigenvalue weighted by Crippen LogP contribution is 2.35. The molecule has 7 nitrogen and oxygen atoms in total.